The minimum atomic E-state index is -0.426. The number of amides is 1. The van der Waals surface area contributed by atoms with Crippen molar-refractivity contribution >= 4 is 5.91 Å². The molecule has 0 atom stereocenters. The molecule has 31 heavy (non-hydrogen) atoms. The number of carbonyl (C=O) groups is 1. The maximum atomic E-state index is 13.2. The highest BCUT2D eigenvalue weighted by Gasteiger charge is 2.16. The van der Waals surface area contributed by atoms with Crippen LogP contribution in [-0.2, 0) is 13.1 Å². The van der Waals surface area contributed by atoms with Gasteiger partial charge in [-0.2, -0.15) is 0 Å². The summed E-state index contributed by atoms with van der Waals surface area (Å²) in [5.41, 5.74) is 3.02. The number of hydrogen-bond acceptors (Lipinski definition) is 3. The third-order valence-corrected chi connectivity index (χ3v) is 5.71. The Hall–Kier alpha value is -3.25. The molecule has 0 radical (unpaired) electrons. The highest BCUT2D eigenvalue weighted by molar-refractivity contribution is 5.95. The molecule has 1 N–H and O–H groups in total. The van der Waals surface area contributed by atoms with Crippen LogP contribution in [0, 0.1) is 12.7 Å². The number of halogens is 1. The zero-order valence-electron chi connectivity index (χ0n) is 17.6. The van der Waals surface area contributed by atoms with Crippen LogP contribution in [-0.4, -0.2) is 28.5 Å². The molecule has 0 saturated carbocycles. The van der Waals surface area contributed by atoms with Crippen LogP contribution in [0.1, 0.15) is 39.9 Å². The summed E-state index contributed by atoms with van der Waals surface area (Å²) in [6.45, 7) is 5.35. The van der Waals surface area contributed by atoms with Gasteiger partial charge in [-0.3, -0.25) is 19.1 Å². The molecule has 160 valence electrons. The first-order valence-electron chi connectivity index (χ1n) is 10.6. The van der Waals surface area contributed by atoms with Gasteiger partial charge in [0.25, 0.3) is 11.5 Å². The number of hydrogen-bond donors (Lipinski definition) is 1. The number of rotatable bonds is 6. The standard InChI is InChI=1S/C25H26FN3O2/c1-18-12-15-29(22-10-8-21(26)9-11-22)25(31)23(18)24(30)27-16-19-4-6-20(7-5-19)17-28-13-2-3-14-28/h4-12,15H,2-3,13-14,16-17H2,1H3,(H,27,30). The molecule has 0 spiro atoms. The minimum Gasteiger partial charge on any atom is -0.348 e. The Morgan fingerprint density at radius 2 is 1.61 bits per heavy atom. The van der Waals surface area contributed by atoms with E-state index in [0.717, 1.165) is 25.2 Å². The summed E-state index contributed by atoms with van der Waals surface area (Å²) in [6, 6.07) is 15.5. The van der Waals surface area contributed by atoms with Gasteiger partial charge in [-0.1, -0.05) is 24.3 Å². The predicted octanol–water partition coefficient (Wildman–Crippen LogP) is 3.81. The van der Waals surface area contributed by atoms with E-state index in [2.05, 4.69) is 22.3 Å². The zero-order valence-corrected chi connectivity index (χ0v) is 17.6. The van der Waals surface area contributed by atoms with E-state index in [9.17, 15) is 14.0 Å². The van der Waals surface area contributed by atoms with Gasteiger partial charge >= 0.3 is 0 Å². The second kappa shape index (κ2) is 9.27. The summed E-state index contributed by atoms with van der Waals surface area (Å²) in [5.74, 6) is -0.798. The Morgan fingerprint density at radius 1 is 0.968 bits per heavy atom. The van der Waals surface area contributed by atoms with E-state index in [1.165, 1.54) is 47.2 Å². The second-order valence-electron chi connectivity index (χ2n) is 8.01. The SMILES string of the molecule is Cc1ccn(-c2ccc(F)cc2)c(=O)c1C(=O)NCc1ccc(CN2CCCC2)cc1. The van der Waals surface area contributed by atoms with Crippen molar-refractivity contribution in [2.24, 2.45) is 0 Å². The van der Waals surface area contributed by atoms with E-state index in [4.69, 9.17) is 0 Å². The predicted molar refractivity (Wildman–Crippen MR) is 119 cm³/mol. The number of nitrogens with zero attached hydrogens (tertiary/aromatic N) is 2. The highest BCUT2D eigenvalue weighted by Crippen LogP contribution is 2.14. The quantitative estimate of drug-likeness (QED) is 0.661. The topological polar surface area (TPSA) is 54.3 Å². The lowest BCUT2D eigenvalue weighted by Gasteiger charge is -2.15. The maximum absolute atomic E-state index is 13.2. The average molecular weight is 420 g/mol. The lowest BCUT2D eigenvalue weighted by molar-refractivity contribution is 0.0948. The van der Waals surface area contributed by atoms with Crippen LogP contribution in [0.2, 0.25) is 0 Å². The minimum absolute atomic E-state index is 0.0949. The molecular weight excluding hydrogens is 393 g/mol. The zero-order chi connectivity index (χ0) is 21.8. The molecular formula is C25H26FN3O2. The second-order valence-corrected chi connectivity index (χ2v) is 8.01. The van der Waals surface area contributed by atoms with Crippen molar-refractivity contribution in [3.63, 3.8) is 0 Å². The van der Waals surface area contributed by atoms with Crippen LogP contribution in [0.4, 0.5) is 4.39 Å². The number of benzene rings is 2. The van der Waals surface area contributed by atoms with Gasteiger partial charge in [0.2, 0.25) is 0 Å². The molecule has 0 bridgehead atoms. The van der Waals surface area contributed by atoms with Crippen LogP contribution in [0.3, 0.4) is 0 Å². The van der Waals surface area contributed by atoms with Gasteiger partial charge in [0.15, 0.2) is 0 Å². The third-order valence-electron chi connectivity index (χ3n) is 5.71. The Bertz CT molecular complexity index is 1110. The van der Waals surface area contributed by atoms with Crippen molar-refractivity contribution < 1.29 is 9.18 Å². The first kappa shape index (κ1) is 21.0. The summed E-state index contributed by atoms with van der Waals surface area (Å²) in [6.07, 6.45) is 4.14. The van der Waals surface area contributed by atoms with Crippen molar-refractivity contribution in [3.05, 3.63) is 99.2 Å². The molecule has 1 amide bonds. The van der Waals surface area contributed by atoms with Crippen LogP contribution < -0.4 is 10.9 Å². The Kier molecular flexibility index (Phi) is 6.28. The average Bonchev–Trinajstić information content (AvgIpc) is 3.27. The summed E-state index contributed by atoms with van der Waals surface area (Å²) >= 11 is 0. The molecule has 0 unspecified atom stereocenters. The lowest BCUT2D eigenvalue weighted by atomic mass is 10.1. The lowest BCUT2D eigenvalue weighted by Crippen LogP contribution is -2.33. The van der Waals surface area contributed by atoms with Crippen molar-refractivity contribution in [1.82, 2.24) is 14.8 Å². The molecule has 6 heteroatoms. The van der Waals surface area contributed by atoms with E-state index in [-0.39, 0.29) is 11.4 Å². The summed E-state index contributed by atoms with van der Waals surface area (Å²) < 4.78 is 14.6. The van der Waals surface area contributed by atoms with Gasteiger partial charge in [0.1, 0.15) is 11.4 Å². The Morgan fingerprint density at radius 3 is 2.29 bits per heavy atom. The number of carbonyl (C=O) groups excluding carboxylic acids is 1. The van der Waals surface area contributed by atoms with Crippen LogP contribution in [0.5, 0.6) is 0 Å². The molecule has 4 rings (SSSR count). The van der Waals surface area contributed by atoms with Crippen LogP contribution >= 0.6 is 0 Å². The summed E-state index contributed by atoms with van der Waals surface area (Å²) in [4.78, 5) is 28.2. The fraction of sp³-hybridized carbons (Fsp3) is 0.280. The van der Waals surface area contributed by atoms with Crippen LogP contribution in [0.25, 0.3) is 5.69 Å². The van der Waals surface area contributed by atoms with Gasteiger partial charge < -0.3 is 5.32 Å². The molecule has 2 heterocycles. The molecule has 2 aromatic carbocycles. The van der Waals surface area contributed by atoms with Gasteiger partial charge in [0, 0.05) is 25.0 Å². The Labute approximate surface area is 181 Å². The largest absolute Gasteiger partial charge is 0.348 e. The number of aromatic nitrogens is 1. The third kappa shape index (κ3) is 4.91. The molecule has 3 aromatic rings. The Balaban J connectivity index is 1.45. The summed E-state index contributed by atoms with van der Waals surface area (Å²) in [5, 5.41) is 2.85. The van der Waals surface area contributed by atoms with Crippen molar-refractivity contribution in [3.8, 4) is 5.69 Å². The highest BCUT2D eigenvalue weighted by atomic mass is 19.1. The van der Waals surface area contributed by atoms with Crippen molar-refractivity contribution in [1.29, 1.82) is 0 Å². The van der Waals surface area contributed by atoms with Gasteiger partial charge in [-0.15, -0.1) is 0 Å². The molecule has 1 saturated heterocycles. The van der Waals surface area contributed by atoms with E-state index in [0.29, 0.717) is 17.8 Å². The molecule has 1 aliphatic rings. The normalized spacial score (nSPS) is 14.0. The van der Waals surface area contributed by atoms with Crippen molar-refractivity contribution in [2.75, 3.05) is 13.1 Å². The summed E-state index contributed by atoms with van der Waals surface area (Å²) in [7, 11) is 0. The first-order chi connectivity index (χ1) is 15.0. The number of likely N-dealkylation sites (tertiary alicyclic amines) is 1. The fourth-order valence-electron chi connectivity index (χ4n) is 3.94. The van der Waals surface area contributed by atoms with E-state index in [1.807, 2.05) is 12.1 Å². The van der Waals surface area contributed by atoms with Gasteiger partial charge in [-0.25, -0.2) is 4.39 Å². The fourth-order valence-corrected chi connectivity index (χ4v) is 3.94. The molecule has 0 aliphatic carbocycles. The van der Waals surface area contributed by atoms with E-state index in [1.54, 1.807) is 19.2 Å². The van der Waals surface area contributed by atoms with E-state index < -0.39 is 11.5 Å². The number of nitrogens with one attached hydrogen (secondary N) is 1. The smallest absolute Gasteiger partial charge is 0.268 e. The van der Waals surface area contributed by atoms with E-state index >= 15 is 0 Å². The molecule has 1 aliphatic heterocycles. The van der Waals surface area contributed by atoms with Gasteiger partial charge in [0.05, 0.1) is 0 Å². The van der Waals surface area contributed by atoms with Crippen molar-refractivity contribution in [2.45, 2.75) is 32.9 Å². The number of aryl methyl sites for hydroxylation is 1. The van der Waals surface area contributed by atoms with Gasteiger partial charge in [-0.05, 0) is 79.9 Å². The maximum Gasteiger partial charge on any atom is 0.268 e. The molecule has 5 nitrogen and oxygen atoms in total. The van der Waals surface area contributed by atoms with Crippen LogP contribution in [0.15, 0.2) is 65.6 Å². The number of pyridine rings is 1. The first-order valence-corrected chi connectivity index (χ1v) is 10.6. The molecule has 1 fully saturated rings. The monoisotopic (exact) mass is 419 g/mol. The molecule has 1 aromatic heterocycles.